The number of hydrogen-bond acceptors (Lipinski definition) is 10. The van der Waals surface area contributed by atoms with Crippen molar-refractivity contribution in [3.8, 4) is 0 Å². The standard InChI is InChI=1S/C6H10O10S/c7-1-2-3(8)5(10)6(11,4(9)14-2)16-17(12,13)15-5/h2-4,7-11H,1H2/t2-,3+,4+,5-,6+/m1/s1. The van der Waals surface area contributed by atoms with Gasteiger partial charge in [-0.05, 0) is 0 Å². The molecular weight excluding hydrogens is 264 g/mol. The predicted molar refractivity (Wildman–Crippen MR) is 45.0 cm³/mol. The number of aliphatic hydroxyl groups excluding tert-OH is 3. The molecule has 5 N–H and O–H groups in total. The lowest BCUT2D eigenvalue weighted by Gasteiger charge is -2.45. The molecule has 11 heteroatoms. The quantitative estimate of drug-likeness (QED) is 0.316. The summed E-state index contributed by atoms with van der Waals surface area (Å²) in [6.07, 6.45) is -6.06. The van der Waals surface area contributed by atoms with Crippen LogP contribution in [-0.2, 0) is 23.5 Å². The van der Waals surface area contributed by atoms with Crippen molar-refractivity contribution in [2.45, 2.75) is 30.1 Å². The number of ether oxygens (including phenoxy) is 1. The minimum Gasteiger partial charge on any atom is -0.394 e. The van der Waals surface area contributed by atoms with Gasteiger partial charge >= 0.3 is 10.4 Å². The lowest BCUT2D eigenvalue weighted by atomic mass is 9.92. The molecule has 2 aliphatic heterocycles. The number of aliphatic hydroxyl groups is 5. The Hall–Kier alpha value is -0.370. The summed E-state index contributed by atoms with van der Waals surface area (Å²) in [5.74, 6) is -6.38. The molecule has 2 saturated heterocycles. The molecule has 0 spiro atoms. The SMILES string of the molecule is O=S1(=O)O[C@@]2(O)[C@@H](O)O[C@H](CO)[C@H](O)[C@@]2(O)O1. The van der Waals surface area contributed by atoms with Gasteiger partial charge in [-0.25, -0.2) is 8.37 Å². The second-order valence-electron chi connectivity index (χ2n) is 3.62. The first-order valence-corrected chi connectivity index (χ1v) is 5.73. The number of rotatable bonds is 1. The Morgan fingerprint density at radius 3 is 2.18 bits per heavy atom. The molecule has 10 nitrogen and oxygen atoms in total. The van der Waals surface area contributed by atoms with Gasteiger partial charge in [-0.2, -0.15) is 8.42 Å². The van der Waals surface area contributed by atoms with Crippen molar-refractivity contribution in [3.63, 3.8) is 0 Å². The third-order valence-corrected chi connectivity index (χ3v) is 3.46. The first-order chi connectivity index (χ1) is 7.66. The Morgan fingerprint density at radius 1 is 1.12 bits per heavy atom. The molecule has 0 aromatic heterocycles. The monoisotopic (exact) mass is 274 g/mol. The van der Waals surface area contributed by atoms with Gasteiger partial charge in [0.05, 0.1) is 6.61 Å². The topological polar surface area (TPSA) is 163 Å². The van der Waals surface area contributed by atoms with Crippen molar-refractivity contribution in [2.24, 2.45) is 0 Å². The molecule has 0 aromatic rings. The van der Waals surface area contributed by atoms with Gasteiger partial charge in [0.2, 0.25) is 6.29 Å². The fourth-order valence-corrected chi connectivity index (χ4v) is 2.73. The molecule has 5 atom stereocenters. The third kappa shape index (κ3) is 1.60. The van der Waals surface area contributed by atoms with Crippen LogP contribution in [-0.4, -0.2) is 70.6 Å². The maximum atomic E-state index is 11.0. The summed E-state index contributed by atoms with van der Waals surface area (Å²) >= 11 is 0. The van der Waals surface area contributed by atoms with E-state index in [9.17, 15) is 28.8 Å². The van der Waals surface area contributed by atoms with Crippen LogP contribution in [0.25, 0.3) is 0 Å². The highest BCUT2D eigenvalue weighted by Gasteiger charge is 2.75. The predicted octanol–water partition coefficient (Wildman–Crippen LogP) is -4.27. The van der Waals surface area contributed by atoms with Crippen molar-refractivity contribution in [3.05, 3.63) is 0 Å². The van der Waals surface area contributed by atoms with Gasteiger partial charge in [0.25, 0.3) is 11.6 Å². The van der Waals surface area contributed by atoms with E-state index in [0.29, 0.717) is 0 Å². The molecule has 2 fully saturated rings. The highest BCUT2D eigenvalue weighted by molar-refractivity contribution is 7.82. The normalized spacial score (nSPS) is 53.4. The molecule has 2 aliphatic rings. The Labute approximate surface area is 94.9 Å². The van der Waals surface area contributed by atoms with Crippen LogP contribution < -0.4 is 0 Å². The van der Waals surface area contributed by atoms with E-state index in [1.165, 1.54) is 0 Å². The van der Waals surface area contributed by atoms with Crippen molar-refractivity contribution >= 4 is 10.4 Å². The molecule has 0 bridgehead atoms. The summed E-state index contributed by atoms with van der Waals surface area (Å²) in [7, 11) is -4.82. The average Bonchev–Trinajstić information content (AvgIpc) is 2.40. The van der Waals surface area contributed by atoms with Crippen LogP contribution in [0.3, 0.4) is 0 Å². The van der Waals surface area contributed by atoms with E-state index in [2.05, 4.69) is 13.1 Å². The third-order valence-electron chi connectivity index (χ3n) is 2.54. The molecule has 0 radical (unpaired) electrons. The smallest absolute Gasteiger partial charge is 0.394 e. The summed E-state index contributed by atoms with van der Waals surface area (Å²) in [5, 5.41) is 47.1. The molecule has 17 heavy (non-hydrogen) atoms. The molecule has 0 aromatic carbocycles. The maximum absolute atomic E-state index is 11.0. The zero-order chi connectivity index (χ0) is 13.1. The van der Waals surface area contributed by atoms with Gasteiger partial charge in [-0.15, -0.1) is 0 Å². The molecule has 100 valence electrons. The van der Waals surface area contributed by atoms with Crippen LogP contribution in [0.2, 0.25) is 0 Å². The van der Waals surface area contributed by atoms with E-state index >= 15 is 0 Å². The summed E-state index contributed by atoms with van der Waals surface area (Å²) in [6, 6.07) is 0. The summed E-state index contributed by atoms with van der Waals surface area (Å²) < 4.78 is 34.4. The van der Waals surface area contributed by atoms with Crippen molar-refractivity contribution in [1.29, 1.82) is 0 Å². The highest BCUT2D eigenvalue weighted by atomic mass is 32.3. The lowest BCUT2D eigenvalue weighted by Crippen LogP contribution is -2.73. The minimum absolute atomic E-state index is 0.861. The van der Waals surface area contributed by atoms with E-state index < -0.39 is 47.1 Å². The van der Waals surface area contributed by atoms with Crippen molar-refractivity contribution in [1.82, 2.24) is 0 Å². The van der Waals surface area contributed by atoms with Gasteiger partial charge in [0.15, 0.2) is 0 Å². The Bertz CT molecular complexity index is 421. The van der Waals surface area contributed by atoms with E-state index in [1.807, 2.05) is 0 Å². The van der Waals surface area contributed by atoms with Crippen LogP contribution in [0.5, 0.6) is 0 Å². The number of fused-ring (bicyclic) bond motifs is 1. The second-order valence-corrected chi connectivity index (χ2v) is 4.77. The summed E-state index contributed by atoms with van der Waals surface area (Å²) in [6.45, 7) is -0.861. The number of hydrogen-bond donors (Lipinski definition) is 5. The molecule has 0 saturated carbocycles. The van der Waals surface area contributed by atoms with E-state index in [-0.39, 0.29) is 0 Å². The molecular formula is C6H10O10S. The van der Waals surface area contributed by atoms with Gasteiger partial charge in [-0.1, -0.05) is 0 Å². The zero-order valence-electron chi connectivity index (χ0n) is 8.12. The molecule has 2 rings (SSSR count). The Morgan fingerprint density at radius 2 is 1.65 bits per heavy atom. The van der Waals surface area contributed by atoms with Crippen LogP contribution in [0.4, 0.5) is 0 Å². The molecule has 0 unspecified atom stereocenters. The van der Waals surface area contributed by atoms with Crippen LogP contribution >= 0.6 is 0 Å². The van der Waals surface area contributed by atoms with Gasteiger partial charge in [-0.3, -0.25) is 0 Å². The Kier molecular flexibility index (Phi) is 2.74. The molecule has 2 heterocycles. The lowest BCUT2D eigenvalue weighted by molar-refractivity contribution is -0.439. The largest absolute Gasteiger partial charge is 0.406 e. The second kappa shape index (κ2) is 3.57. The van der Waals surface area contributed by atoms with Gasteiger partial charge < -0.3 is 30.3 Å². The zero-order valence-corrected chi connectivity index (χ0v) is 8.94. The van der Waals surface area contributed by atoms with Gasteiger partial charge in [0.1, 0.15) is 12.2 Å². The van der Waals surface area contributed by atoms with Gasteiger partial charge in [0, 0.05) is 0 Å². The van der Waals surface area contributed by atoms with E-state index in [4.69, 9.17) is 5.11 Å². The molecule has 0 aliphatic carbocycles. The maximum Gasteiger partial charge on any atom is 0.406 e. The summed E-state index contributed by atoms with van der Waals surface area (Å²) in [5.41, 5.74) is 0. The highest BCUT2D eigenvalue weighted by Crippen LogP contribution is 2.46. The Balaban J connectivity index is 2.49. The van der Waals surface area contributed by atoms with Crippen LogP contribution in [0.15, 0.2) is 0 Å². The van der Waals surface area contributed by atoms with Crippen LogP contribution in [0, 0.1) is 0 Å². The van der Waals surface area contributed by atoms with E-state index in [0.717, 1.165) is 0 Å². The van der Waals surface area contributed by atoms with Crippen molar-refractivity contribution < 1.29 is 47.1 Å². The van der Waals surface area contributed by atoms with E-state index in [1.54, 1.807) is 0 Å². The average molecular weight is 274 g/mol. The minimum atomic E-state index is -4.82. The first-order valence-electron chi connectivity index (χ1n) is 4.40. The van der Waals surface area contributed by atoms with Crippen LogP contribution in [0.1, 0.15) is 0 Å². The fraction of sp³-hybridized carbons (Fsp3) is 1.00. The first kappa shape index (κ1) is 13.1. The van der Waals surface area contributed by atoms with Crippen molar-refractivity contribution in [2.75, 3.05) is 6.61 Å². The summed E-state index contributed by atoms with van der Waals surface area (Å²) in [4.78, 5) is 0. The fourth-order valence-electron chi connectivity index (χ4n) is 1.65. The molecule has 0 amide bonds.